The number of ether oxygens (including phenoxy) is 1. The highest BCUT2D eigenvalue weighted by Crippen LogP contribution is 2.41. The number of nitrogens with one attached hydrogen (secondary N) is 1. The maximum absolute atomic E-state index is 13.8. The lowest BCUT2D eigenvalue weighted by atomic mass is 10.1. The Morgan fingerprint density at radius 3 is 2.86 bits per heavy atom. The van der Waals surface area contributed by atoms with Crippen molar-refractivity contribution < 1.29 is 13.9 Å². The first-order valence-electron chi connectivity index (χ1n) is 6.81. The molecule has 3 rings (SSSR count). The van der Waals surface area contributed by atoms with Gasteiger partial charge in [-0.2, -0.15) is 4.37 Å². The second-order valence-corrected chi connectivity index (χ2v) is 6.90. The van der Waals surface area contributed by atoms with E-state index >= 15 is 0 Å². The summed E-state index contributed by atoms with van der Waals surface area (Å²) in [6, 6.07) is 4.66. The molecular weight excluding hydrogens is 371 g/mol. The van der Waals surface area contributed by atoms with Gasteiger partial charge in [0.1, 0.15) is 10.7 Å². The number of methoxy groups -OCH3 is 1. The monoisotopic (exact) mass is 384 g/mol. The molecule has 1 amide bonds. The van der Waals surface area contributed by atoms with Crippen molar-refractivity contribution in [2.75, 3.05) is 12.4 Å². The molecule has 1 heterocycles. The molecule has 1 aromatic heterocycles. The average molecular weight is 385 g/mol. The van der Waals surface area contributed by atoms with E-state index in [0.29, 0.717) is 26.6 Å². The van der Waals surface area contributed by atoms with E-state index in [-0.39, 0.29) is 17.6 Å². The molecule has 0 aliphatic heterocycles. The lowest BCUT2D eigenvalue weighted by Gasteiger charge is -2.04. The van der Waals surface area contributed by atoms with Crippen molar-refractivity contribution in [1.29, 1.82) is 0 Å². The predicted molar refractivity (Wildman–Crippen MR) is 87.7 cm³/mol. The van der Waals surface area contributed by atoms with Gasteiger partial charge in [-0.15, -0.1) is 0 Å². The highest BCUT2D eigenvalue weighted by molar-refractivity contribution is 9.10. The predicted octanol–water partition coefficient (Wildman–Crippen LogP) is 4.31. The first kappa shape index (κ1) is 15.4. The molecular formula is C15H14BrFN2O2S. The molecule has 4 nitrogen and oxygen atoms in total. The van der Waals surface area contributed by atoms with Crippen LogP contribution in [0.4, 0.5) is 9.39 Å². The van der Waals surface area contributed by atoms with Gasteiger partial charge in [-0.05, 0) is 58.0 Å². The number of nitrogens with zero attached hydrogens (tertiary/aromatic N) is 1. The molecule has 1 N–H and O–H groups in total. The summed E-state index contributed by atoms with van der Waals surface area (Å²) >= 11 is 4.62. The number of hydrogen-bond donors (Lipinski definition) is 1. The van der Waals surface area contributed by atoms with Gasteiger partial charge in [0.15, 0.2) is 11.6 Å². The van der Waals surface area contributed by atoms with Crippen molar-refractivity contribution in [2.45, 2.75) is 13.3 Å². The van der Waals surface area contributed by atoms with Gasteiger partial charge in [0.25, 0.3) is 0 Å². The summed E-state index contributed by atoms with van der Waals surface area (Å²) in [6.45, 7) is 2.05. The first-order valence-corrected chi connectivity index (χ1v) is 8.38. The van der Waals surface area contributed by atoms with Gasteiger partial charge in [-0.25, -0.2) is 4.39 Å². The smallest absolute Gasteiger partial charge is 0.228 e. The van der Waals surface area contributed by atoms with Gasteiger partial charge in [0.05, 0.1) is 11.6 Å². The van der Waals surface area contributed by atoms with Crippen LogP contribution in [0.5, 0.6) is 5.75 Å². The Labute approximate surface area is 140 Å². The van der Waals surface area contributed by atoms with Crippen molar-refractivity contribution in [2.24, 2.45) is 11.8 Å². The highest BCUT2D eigenvalue weighted by Gasteiger charge is 2.39. The molecule has 0 unspecified atom stereocenters. The topological polar surface area (TPSA) is 51.2 Å². The molecule has 1 aliphatic rings. The Morgan fingerprint density at radius 1 is 1.55 bits per heavy atom. The van der Waals surface area contributed by atoms with Gasteiger partial charge in [-0.1, -0.05) is 6.92 Å². The fourth-order valence-electron chi connectivity index (χ4n) is 2.24. The molecule has 1 aliphatic carbocycles. The number of amides is 1. The van der Waals surface area contributed by atoms with Crippen LogP contribution in [0, 0.1) is 17.7 Å². The minimum atomic E-state index is -0.447. The van der Waals surface area contributed by atoms with Crippen LogP contribution < -0.4 is 10.1 Å². The number of benzene rings is 1. The van der Waals surface area contributed by atoms with Gasteiger partial charge in [-0.3, -0.25) is 4.79 Å². The maximum Gasteiger partial charge on any atom is 0.228 e. The average Bonchev–Trinajstić information content (AvgIpc) is 3.12. The molecule has 2 atom stereocenters. The SMILES string of the molecule is COc1ccc(-c2nsc(NC(=O)[C@@H]3C[C@H]3C)c2Br)cc1F. The summed E-state index contributed by atoms with van der Waals surface area (Å²) in [4.78, 5) is 12.0. The molecule has 1 saturated carbocycles. The van der Waals surface area contributed by atoms with E-state index in [1.165, 1.54) is 24.7 Å². The summed E-state index contributed by atoms with van der Waals surface area (Å²) < 4.78 is 23.7. The Kier molecular flexibility index (Phi) is 4.18. The number of aromatic nitrogens is 1. The molecule has 22 heavy (non-hydrogen) atoms. The van der Waals surface area contributed by atoms with Crippen LogP contribution in [-0.2, 0) is 4.79 Å². The fraction of sp³-hybridized carbons (Fsp3) is 0.333. The molecule has 1 fully saturated rings. The van der Waals surface area contributed by atoms with Crippen molar-refractivity contribution >= 4 is 38.4 Å². The molecule has 0 saturated heterocycles. The van der Waals surface area contributed by atoms with Crippen molar-refractivity contribution in [3.63, 3.8) is 0 Å². The van der Waals surface area contributed by atoms with E-state index in [4.69, 9.17) is 4.74 Å². The minimum Gasteiger partial charge on any atom is -0.494 e. The van der Waals surface area contributed by atoms with Crippen molar-refractivity contribution in [3.05, 3.63) is 28.5 Å². The van der Waals surface area contributed by atoms with Crippen LogP contribution in [0.1, 0.15) is 13.3 Å². The van der Waals surface area contributed by atoms with Gasteiger partial charge in [0.2, 0.25) is 5.91 Å². The summed E-state index contributed by atoms with van der Waals surface area (Å²) in [7, 11) is 1.42. The van der Waals surface area contributed by atoms with Gasteiger partial charge in [0, 0.05) is 11.5 Å². The van der Waals surface area contributed by atoms with E-state index in [1.807, 2.05) is 0 Å². The zero-order valence-corrected chi connectivity index (χ0v) is 14.4. The van der Waals surface area contributed by atoms with Crippen LogP contribution >= 0.6 is 27.5 Å². The minimum absolute atomic E-state index is 0.0179. The van der Waals surface area contributed by atoms with Crippen LogP contribution in [0.3, 0.4) is 0 Å². The Balaban J connectivity index is 1.83. The summed E-state index contributed by atoms with van der Waals surface area (Å²) in [5.41, 5.74) is 1.23. The number of rotatable bonds is 4. The number of carbonyl (C=O) groups excluding carboxylic acids is 1. The Morgan fingerprint density at radius 2 is 2.27 bits per heavy atom. The molecule has 1 aromatic carbocycles. The van der Waals surface area contributed by atoms with Crippen molar-refractivity contribution in [3.8, 4) is 17.0 Å². The van der Waals surface area contributed by atoms with Crippen molar-refractivity contribution in [1.82, 2.24) is 4.37 Å². The van der Waals surface area contributed by atoms with Crippen LogP contribution in [0.15, 0.2) is 22.7 Å². The second-order valence-electron chi connectivity index (χ2n) is 5.33. The van der Waals surface area contributed by atoms with Gasteiger partial charge >= 0.3 is 0 Å². The molecule has 0 spiro atoms. The molecule has 0 radical (unpaired) electrons. The number of halogens is 2. The standard InChI is InChI=1S/C15H14BrFN2O2S/c1-7-5-9(7)14(20)18-15-12(16)13(19-22-15)8-3-4-11(21-2)10(17)6-8/h3-4,6-7,9H,5H2,1-2H3,(H,18,20)/t7-,9-/m1/s1. The van der Waals surface area contributed by atoms with E-state index in [9.17, 15) is 9.18 Å². The number of anilines is 1. The lowest BCUT2D eigenvalue weighted by molar-refractivity contribution is -0.117. The highest BCUT2D eigenvalue weighted by atomic mass is 79.9. The number of hydrogen-bond acceptors (Lipinski definition) is 4. The fourth-order valence-corrected chi connectivity index (χ4v) is 3.70. The normalized spacial score (nSPS) is 19.8. The summed E-state index contributed by atoms with van der Waals surface area (Å²) in [5.74, 6) is 0.297. The quantitative estimate of drug-likeness (QED) is 0.853. The lowest BCUT2D eigenvalue weighted by Crippen LogP contribution is -2.13. The van der Waals surface area contributed by atoms with Crippen LogP contribution in [0.2, 0.25) is 0 Å². The van der Waals surface area contributed by atoms with E-state index < -0.39 is 5.82 Å². The zero-order valence-electron chi connectivity index (χ0n) is 12.0. The third-order valence-electron chi connectivity index (χ3n) is 3.74. The number of carbonyl (C=O) groups is 1. The largest absolute Gasteiger partial charge is 0.494 e. The van der Waals surface area contributed by atoms with Crippen LogP contribution in [0.25, 0.3) is 11.3 Å². The van der Waals surface area contributed by atoms with E-state index in [2.05, 4.69) is 32.5 Å². The summed E-state index contributed by atoms with van der Waals surface area (Å²) in [5, 5.41) is 3.53. The molecule has 0 bridgehead atoms. The maximum atomic E-state index is 13.8. The first-order chi connectivity index (χ1) is 10.5. The van der Waals surface area contributed by atoms with Gasteiger partial charge < -0.3 is 10.1 Å². The third kappa shape index (κ3) is 2.87. The third-order valence-corrected chi connectivity index (χ3v) is 5.54. The second kappa shape index (κ2) is 5.96. The zero-order chi connectivity index (χ0) is 15.9. The Bertz CT molecular complexity index is 734. The van der Waals surface area contributed by atoms with E-state index in [1.54, 1.807) is 12.1 Å². The Hall–Kier alpha value is -1.47. The van der Waals surface area contributed by atoms with Crippen LogP contribution in [-0.4, -0.2) is 17.4 Å². The molecule has 7 heteroatoms. The molecule has 116 valence electrons. The molecule has 2 aromatic rings. The van der Waals surface area contributed by atoms with E-state index in [0.717, 1.165) is 6.42 Å². The summed E-state index contributed by atoms with van der Waals surface area (Å²) in [6.07, 6.45) is 0.929.